The molecule has 2 aromatic rings. The maximum atomic E-state index is 13.6. The van der Waals surface area contributed by atoms with Gasteiger partial charge in [0, 0.05) is 55.7 Å². The number of pyridine rings is 2. The van der Waals surface area contributed by atoms with E-state index in [1.807, 2.05) is 19.1 Å². The number of aliphatic hydroxyl groups excluding tert-OH is 1. The summed E-state index contributed by atoms with van der Waals surface area (Å²) in [7, 11) is 0. The number of likely N-dealkylation sites (tertiary alicyclic amines) is 1. The molecule has 2 amide bonds. The summed E-state index contributed by atoms with van der Waals surface area (Å²) >= 11 is 6.72. The highest BCUT2D eigenvalue weighted by atomic mass is 35.5. The number of carbonyl (C=O) groups is 2. The van der Waals surface area contributed by atoms with Crippen molar-refractivity contribution in [3.05, 3.63) is 41.3 Å². The minimum Gasteiger partial charge on any atom is -0.393 e. The van der Waals surface area contributed by atoms with Crippen LogP contribution in [0, 0.1) is 5.41 Å². The second-order valence-electron chi connectivity index (χ2n) is 10.3. The average Bonchev–Trinajstić information content (AvgIpc) is 3.19. The van der Waals surface area contributed by atoms with Crippen LogP contribution < -0.4 is 10.2 Å². The molecule has 1 atom stereocenters. The smallest absolute Gasteiger partial charge is 0.269 e. The lowest BCUT2D eigenvalue weighted by Crippen LogP contribution is -2.50. The molecule has 0 unspecified atom stereocenters. The molecule has 36 heavy (non-hydrogen) atoms. The summed E-state index contributed by atoms with van der Waals surface area (Å²) < 4.78 is 0. The van der Waals surface area contributed by atoms with Gasteiger partial charge in [-0.1, -0.05) is 17.7 Å². The quantitative estimate of drug-likeness (QED) is 0.635. The van der Waals surface area contributed by atoms with E-state index in [-0.39, 0.29) is 29.4 Å². The lowest BCUT2D eigenvalue weighted by molar-refractivity contribution is -0.139. The summed E-state index contributed by atoms with van der Waals surface area (Å²) in [5.74, 6) is 0.772. The van der Waals surface area contributed by atoms with Crippen molar-refractivity contribution < 1.29 is 14.7 Å². The van der Waals surface area contributed by atoms with Crippen LogP contribution >= 0.6 is 11.6 Å². The molecule has 4 heterocycles. The third-order valence-corrected chi connectivity index (χ3v) is 8.30. The third-order valence-electron chi connectivity index (χ3n) is 8.02. The molecule has 0 bridgehead atoms. The summed E-state index contributed by atoms with van der Waals surface area (Å²) in [5, 5.41) is 13.1. The summed E-state index contributed by atoms with van der Waals surface area (Å²) in [6, 6.07) is 5.67. The summed E-state index contributed by atoms with van der Waals surface area (Å²) in [6.07, 6.45) is 9.24. The molecule has 2 saturated heterocycles. The maximum Gasteiger partial charge on any atom is 0.269 e. The van der Waals surface area contributed by atoms with Crippen LogP contribution in [0.15, 0.2) is 30.6 Å². The van der Waals surface area contributed by atoms with E-state index in [9.17, 15) is 14.7 Å². The highest BCUT2D eigenvalue weighted by Gasteiger charge is 2.51. The molecule has 9 heteroatoms. The van der Waals surface area contributed by atoms with Crippen molar-refractivity contribution in [1.82, 2.24) is 20.2 Å². The fourth-order valence-corrected chi connectivity index (χ4v) is 6.31. The van der Waals surface area contributed by atoms with Gasteiger partial charge < -0.3 is 20.2 Å². The van der Waals surface area contributed by atoms with Gasteiger partial charge in [-0.2, -0.15) is 0 Å². The zero-order valence-corrected chi connectivity index (χ0v) is 21.5. The molecule has 2 aromatic heterocycles. The van der Waals surface area contributed by atoms with Crippen LogP contribution in [-0.4, -0.2) is 70.1 Å². The van der Waals surface area contributed by atoms with Gasteiger partial charge in [-0.25, -0.2) is 4.98 Å². The number of nitrogens with zero attached hydrogens (tertiary/aromatic N) is 4. The van der Waals surface area contributed by atoms with Crippen molar-refractivity contribution in [3.63, 3.8) is 0 Å². The third kappa shape index (κ3) is 4.81. The molecule has 1 spiro atoms. The van der Waals surface area contributed by atoms with Gasteiger partial charge in [-0.15, -0.1) is 0 Å². The van der Waals surface area contributed by atoms with Gasteiger partial charge in [-0.05, 0) is 64.0 Å². The van der Waals surface area contributed by atoms with E-state index in [0.717, 1.165) is 69.2 Å². The Morgan fingerprint density at radius 3 is 2.61 bits per heavy atom. The van der Waals surface area contributed by atoms with E-state index in [0.29, 0.717) is 29.6 Å². The molecule has 0 aromatic carbocycles. The first-order valence-electron chi connectivity index (χ1n) is 13.0. The molecule has 3 fully saturated rings. The molecule has 5 rings (SSSR count). The second-order valence-corrected chi connectivity index (χ2v) is 10.7. The Bertz CT molecular complexity index is 1120. The van der Waals surface area contributed by atoms with E-state index in [1.165, 1.54) is 0 Å². The van der Waals surface area contributed by atoms with Crippen molar-refractivity contribution in [3.8, 4) is 11.1 Å². The molecule has 192 valence electrons. The minimum absolute atomic E-state index is 0.198. The van der Waals surface area contributed by atoms with Crippen LogP contribution in [0.4, 0.5) is 5.82 Å². The van der Waals surface area contributed by atoms with Gasteiger partial charge in [-0.3, -0.25) is 14.6 Å². The molecule has 3 aliphatic rings. The van der Waals surface area contributed by atoms with E-state index in [1.54, 1.807) is 18.5 Å². The van der Waals surface area contributed by atoms with E-state index >= 15 is 0 Å². The van der Waals surface area contributed by atoms with Gasteiger partial charge in [0.1, 0.15) is 11.5 Å². The monoisotopic (exact) mass is 511 g/mol. The van der Waals surface area contributed by atoms with E-state index in [4.69, 9.17) is 16.6 Å². The van der Waals surface area contributed by atoms with Crippen LogP contribution in [0.3, 0.4) is 0 Å². The van der Waals surface area contributed by atoms with E-state index in [2.05, 4.69) is 20.1 Å². The highest BCUT2D eigenvalue weighted by molar-refractivity contribution is 6.33. The van der Waals surface area contributed by atoms with Crippen molar-refractivity contribution in [2.75, 3.05) is 31.1 Å². The minimum atomic E-state index is -0.378. The Balaban J connectivity index is 1.29. The van der Waals surface area contributed by atoms with Crippen molar-refractivity contribution >= 4 is 29.2 Å². The Kier molecular flexibility index (Phi) is 7.17. The predicted octanol–water partition coefficient (Wildman–Crippen LogP) is 3.67. The van der Waals surface area contributed by atoms with Gasteiger partial charge in [0.15, 0.2) is 0 Å². The number of hydrogen-bond acceptors (Lipinski definition) is 6. The zero-order valence-electron chi connectivity index (χ0n) is 20.8. The Morgan fingerprint density at radius 2 is 1.92 bits per heavy atom. The van der Waals surface area contributed by atoms with Gasteiger partial charge >= 0.3 is 0 Å². The lowest BCUT2D eigenvalue weighted by Gasteiger charge is -2.41. The number of carbonyl (C=O) groups excluding carboxylic acids is 2. The number of anilines is 1. The summed E-state index contributed by atoms with van der Waals surface area (Å²) in [5.41, 5.74) is 1.65. The fourth-order valence-electron chi connectivity index (χ4n) is 6.03. The van der Waals surface area contributed by atoms with Crippen LogP contribution in [0.2, 0.25) is 5.02 Å². The zero-order chi connectivity index (χ0) is 25.3. The van der Waals surface area contributed by atoms with Crippen LogP contribution in [0.1, 0.15) is 62.4 Å². The number of piperidine rings is 1. The van der Waals surface area contributed by atoms with E-state index < -0.39 is 0 Å². The Hall–Kier alpha value is -2.71. The molecular weight excluding hydrogens is 478 g/mol. The Labute approximate surface area is 217 Å². The number of amides is 2. The number of hydrogen-bond donors (Lipinski definition) is 2. The topological polar surface area (TPSA) is 98.7 Å². The first-order valence-corrected chi connectivity index (χ1v) is 13.4. The standard InChI is InChI=1S/C27H34ClN5O3/c1-2-29-25(35)23-9-4-18(15-30-23)19-14-22(28)24(31-16-19)32-12-3-10-27(17-32)11-13-33(26(27)36)20-5-7-21(34)8-6-20/h4,9,14-16,20-21,34H,2-3,5-8,10-13,17H2,1H3,(H,29,35)/t20?,21?,27-/m0/s1. The Morgan fingerprint density at radius 1 is 1.14 bits per heavy atom. The van der Waals surface area contributed by atoms with Crippen LogP contribution in [0.25, 0.3) is 11.1 Å². The first kappa shape index (κ1) is 25.0. The molecule has 2 N–H and O–H groups in total. The number of aliphatic hydroxyl groups is 1. The largest absolute Gasteiger partial charge is 0.393 e. The number of aromatic nitrogens is 2. The second kappa shape index (κ2) is 10.3. The van der Waals surface area contributed by atoms with Crippen LogP contribution in [0.5, 0.6) is 0 Å². The first-order chi connectivity index (χ1) is 17.4. The summed E-state index contributed by atoms with van der Waals surface area (Å²) in [6.45, 7) is 4.67. The lowest BCUT2D eigenvalue weighted by atomic mass is 9.78. The van der Waals surface area contributed by atoms with Crippen LogP contribution in [-0.2, 0) is 4.79 Å². The predicted molar refractivity (Wildman–Crippen MR) is 139 cm³/mol. The van der Waals surface area contributed by atoms with Crippen molar-refractivity contribution in [1.29, 1.82) is 0 Å². The summed E-state index contributed by atoms with van der Waals surface area (Å²) in [4.78, 5) is 38.8. The SMILES string of the molecule is CCNC(=O)c1ccc(-c2cnc(N3CCC[C@]4(CCN(C5CCC(O)CC5)C4=O)C3)c(Cl)c2)cn1. The molecular formula is C27H34ClN5O3. The van der Waals surface area contributed by atoms with Crippen molar-refractivity contribution in [2.24, 2.45) is 5.41 Å². The molecule has 2 aliphatic heterocycles. The molecule has 0 radical (unpaired) electrons. The maximum absolute atomic E-state index is 13.6. The number of halogens is 1. The average molecular weight is 512 g/mol. The van der Waals surface area contributed by atoms with Gasteiger partial charge in [0.05, 0.1) is 16.5 Å². The van der Waals surface area contributed by atoms with Crippen molar-refractivity contribution in [2.45, 2.75) is 64.0 Å². The number of nitrogens with one attached hydrogen (secondary N) is 1. The molecule has 1 saturated carbocycles. The van der Waals surface area contributed by atoms with Gasteiger partial charge in [0.25, 0.3) is 5.91 Å². The fraction of sp³-hybridized carbons (Fsp3) is 0.556. The molecule has 1 aliphatic carbocycles. The molecule has 8 nitrogen and oxygen atoms in total. The normalized spacial score (nSPS) is 26.5. The highest BCUT2D eigenvalue weighted by Crippen LogP contribution is 2.44. The number of rotatable bonds is 5. The van der Waals surface area contributed by atoms with Gasteiger partial charge in [0.2, 0.25) is 5.91 Å².